The van der Waals surface area contributed by atoms with Crippen molar-refractivity contribution in [1.29, 1.82) is 0 Å². The number of fused-ring (bicyclic) bond motifs is 1. The second kappa shape index (κ2) is 6.77. The molecule has 4 aromatic rings. The molecule has 0 spiro atoms. The first-order valence-corrected chi connectivity index (χ1v) is 8.61. The maximum atomic E-state index is 14.4. The first-order valence-electron chi connectivity index (χ1n) is 8.61. The van der Waals surface area contributed by atoms with Gasteiger partial charge in [0.25, 0.3) is 0 Å². The normalized spacial score (nSPS) is 12.6. The fourth-order valence-electron chi connectivity index (χ4n) is 3.24. The highest BCUT2D eigenvalue weighted by atomic mass is 19.1. The number of nitrogens with zero attached hydrogens (tertiary/aromatic N) is 2. The number of rotatable bonds is 5. The third-order valence-corrected chi connectivity index (χ3v) is 4.68. The predicted octanol–water partition coefficient (Wildman–Crippen LogP) is 4.92. The molecule has 0 bridgehead atoms. The molecule has 132 valence electrons. The lowest BCUT2D eigenvalue weighted by Gasteiger charge is -2.13. The van der Waals surface area contributed by atoms with E-state index in [1.165, 1.54) is 0 Å². The van der Waals surface area contributed by atoms with Gasteiger partial charge in [-0.25, -0.2) is 9.37 Å². The lowest BCUT2D eigenvalue weighted by molar-refractivity contribution is 0.447. The first-order chi connectivity index (χ1) is 12.6. The number of para-hydroxylation sites is 1. The molecule has 2 aromatic heterocycles. The van der Waals surface area contributed by atoms with Gasteiger partial charge in [0.15, 0.2) is 0 Å². The number of nitrogens with one attached hydrogen (secondary N) is 1. The summed E-state index contributed by atoms with van der Waals surface area (Å²) in [5.41, 5.74) is 3.41. The number of imidazole rings is 1. The molecule has 0 radical (unpaired) electrons. The van der Waals surface area contributed by atoms with Crippen LogP contribution in [0.1, 0.15) is 29.9 Å². The molecular formula is C21H20FN3O. The minimum atomic E-state index is -0.269. The van der Waals surface area contributed by atoms with Gasteiger partial charge in [0, 0.05) is 24.3 Å². The lowest BCUT2D eigenvalue weighted by Crippen LogP contribution is -2.18. The Balaban J connectivity index is 1.49. The summed E-state index contributed by atoms with van der Waals surface area (Å²) in [6, 6.07) is 13.3. The summed E-state index contributed by atoms with van der Waals surface area (Å²) in [4.78, 5) is 3.95. The molecule has 0 aliphatic rings. The zero-order chi connectivity index (χ0) is 18.1. The van der Waals surface area contributed by atoms with Gasteiger partial charge in [-0.1, -0.05) is 24.3 Å². The number of halogens is 1. The maximum absolute atomic E-state index is 14.4. The number of furan rings is 1. The summed E-state index contributed by atoms with van der Waals surface area (Å²) in [7, 11) is 0. The smallest absolute Gasteiger partial charge is 0.147 e. The van der Waals surface area contributed by atoms with Gasteiger partial charge in [-0.2, -0.15) is 0 Å². The van der Waals surface area contributed by atoms with Crippen LogP contribution in [0, 0.1) is 12.7 Å². The summed E-state index contributed by atoms with van der Waals surface area (Å²) < 4.78 is 22.0. The molecule has 26 heavy (non-hydrogen) atoms. The summed E-state index contributed by atoms with van der Waals surface area (Å²) in [6.07, 6.45) is 4.94. The Morgan fingerprint density at radius 3 is 2.81 bits per heavy atom. The van der Waals surface area contributed by atoms with E-state index in [1.807, 2.05) is 24.3 Å². The van der Waals surface area contributed by atoms with Gasteiger partial charge in [0.1, 0.15) is 17.2 Å². The van der Waals surface area contributed by atoms with Crippen LogP contribution in [0.5, 0.6) is 0 Å². The van der Waals surface area contributed by atoms with E-state index in [1.54, 1.807) is 35.4 Å². The Hall–Kier alpha value is -2.92. The van der Waals surface area contributed by atoms with E-state index in [-0.39, 0.29) is 11.9 Å². The molecule has 0 amide bonds. The van der Waals surface area contributed by atoms with Crippen LogP contribution in [0.3, 0.4) is 0 Å². The van der Waals surface area contributed by atoms with Crippen molar-refractivity contribution in [3.8, 4) is 5.69 Å². The predicted molar refractivity (Wildman–Crippen MR) is 99.7 cm³/mol. The minimum Gasteiger partial charge on any atom is -0.459 e. The molecule has 2 heterocycles. The van der Waals surface area contributed by atoms with Crippen molar-refractivity contribution in [2.24, 2.45) is 0 Å². The molecule has 1 N–H and O–H groups in total. The van der Waals surface area contributed by atoms with E-state index in [9.17, 15) is 4.39 Å². The number of aryl methyl sites for hydroxylation is 1. The Kier molecular flexibility index (Phi) is 4.31. The van der Waals surface area contributed by atoms with Gasteiger partial charge < -0.3 is 14.3 Å². The Morgan fingerprint density at radius 2 is 2.08 bits per heavy atom. The quantitative estimate of drug-likeness (QED) is 0.556. The molecule has 2 aromatic carbocycles. The highest BCUT2D eigenvalue weighted by Gasteiger charge is 2.16. The number of benzene rings is 2. The molecule has 0 saturated carbocycles. The molecule has 4 rings (SSSR count). The number of hydrogen-bond acceptors (Lipinski definition) is 3. The van der Waals surface area contributed by atoms with Gasteiger partial charge in [0.05, 0.1) is 18.1 Å². The Labute approximate surface area is 151 Å². The van der Waals surface area contributed by atoms with Crippen molar-refractivity contribution in [3.05, 3.63) is 83.9 Å². The molecule has 5 heteroatoms. The van der Waals surface area contributed by atoms with Crippen molar-refractivity contribution >= 4 is 11.0 Å². The molecule has 0 saturated heterocycles. The average Bonchev–Trinajstić information content (AvgIpc) is 3.29. The standard InChI is InChI=1S/C21H20FN3O/c1-14-17-5-3-4-6-20(17)26-21(14)15(2)24-12-16-7-8-19(18(22)11-16)25-10-9-23-13-25/h3-11,13,15,24H,12H2,1-2H3. The molecule has 4 nitrogen and oxygen atoms in total. The van der Waals surface area contributed by atoms with E-state index in [0.29, 0.717) is 12.2 Å². The third-order valence-electron chi connectivity index (χ3n) is 4.68. The highest BCUT2D eigenvalue weighted by molar-refractivity contribution is 5.82. The van der Waals surface area contributed by atoms with E-state index in [0.717, 1.165) is 27.9 Å². The largest absolute Gasteiger partial charge is 0.459 e. The SMILES string of the molecule is Cc1c(C(C)NCc2ccc(-n3ccnc3)c(F)c2)oc2ccccc12. The van der Waals surface area contributed by atoms with Gasteiger partial charge in [-0.3, -0.25) is 0 Å². The molecular weight excluding hydrogens is 329 g/mol. The summed E-state index contributed by atoms with van der Waals surface area (Å²) >= 11 is 0. The zero-order valence-electron chi connectivity index (χ0n) is 14.7. The lowest BCUT2D eigenvalue weighted by atomic mass is 10.1. The second-order valence-corrected chi connectivity index (χ2v) is 6.45. The van der Waals surface area contributed by atoms with Crippen molar-refractivity contribution in [3.63, 3.8) is 0 Å². The van der Waals surface area contributed by atoms with Crippen LogP contribution >= 0.6 is 0 Å². The van der Waals surface area contributed by atoms with Gasteiger partial charge in [0.2, 0.25) is 0 Å². The number of hydrogen-bond donors (Lipinski definition) is 1. The third kappa shape index (κ3) is 3.02. The van der Waals surface area contributed by atoms with E-state index in [4.69, 9.17) is 4.42 Å². The summed E-state index contributed by atoms with van der Waals surface area (Å²) in [5.74, 6) is 0.650. The van der Waals surface area contributed by atoms with Crippen LogP contribution in [-0.4, -0.2) is 9.55 Å². The average molecular weight is 349 g/mol. The van der Waals surface area contributed by atoms with Gasteiger partial charge in [-0.05, 0) is 43.2 Å². The van der Waals surface area contributed by atoms with Crippen molar-refractivity contribution in [2.75, 3.05) is 0 Å². The van der Waals surface area contributed by atoms with Gasteiger partial charge >= 0.3 is 0 Å². The zero-order valence-corrected chi connectivity index (χ0v) is 14.7. The van der Waals surface area contributed by atoms with Crippen LogP contribution in [0.15, 0.2) is 65.6 Å². The van der Waals surface area contributed by atoms with Crippen LogP contribution in [0.2, 0.25) is 0 Å². The molecule has 0 fully saturated rings. The molecule has 0 aliphatic heterocycles. The molecule has 1 atom stereocenters. The minimum absolute atomic E-state index is 0.0267. The second-order valence-electron chi connectivity index (χ2n) is 6.45. The number of aromatic nitrogens is 2. The molecule has 1 unspecified atom stereocenters. The highest BCUT2D eigenvalue weighted by Crippen LogP contribution is 2.29. The van der Waals surface area contributed by atoms with Crippen molar-refractivity contribution in [2.45, 2.75) is 26.4 Å². The van der Waals surface area contributed by atoms with Crippen molar-refractivity contribution < 1.29 is 8.81 Å². The van der Waals surface area contributed by atoms with Crippen LogP contribution in [0.25, 0.3) is 16.7 Å². The van der Waals surface area contributed by atoms with E-state index in [2.05, 4.69) is 30.2 Å². The topological polar surface area (TPSA) is 43.0 Å². The molecule has 0 aliphatic carbocycles. The van der Waals surface area contributed by atoms with E-state index >= 15 is 0 Å². The van der Waals surface area contributed by atoms with Crippen LogP contribution in [0.4, 0.5) is 4.39 Å². The van der Waals surface area contributed by atoms with E-state index < -0.39 is 0 Å². The fourth-order valence-corrected chi connectivity index (χ4v) is 3.24. The van der Waals surface area contributed by atoms with Crippen LogP contribution in [-0.2, 0) is 6.54 Å². The summed E-state index contributed by atoms with van der Waals surface area (Å²) in [6.45, 7) is 4.68. The monoisotopic (exact) mass is 349 g/mol. The first kappa shape index (κ1) is 16.5. The van der Waals surface area contributed by atoms with Crippen molar-refractivity contribution in [1.82, 2.24) is 14.9 Å². The van der Waals surface area contributed by atoms with Crippen LogP contribution < -0.4 is 5.32 Å². The Bertz CT molecular complexity index is 1040. The maximum Gasteiger partial charge on any atom is 0.147 e. The van der Waals surface area contributed by atoms with Gasteiger partial charge in [-0.15, -0.1) is 0 Å². The Morgan fingerprint density at radius 1 is 1.23 bits per heavy atom. The fraction of sp³-hybridized carbons (Fsp3) is 0.190. The summed E-state index contributed by atoms with van der Waals surface area (Å²) in [5, 5.41) is 4.55.